The van der Waals surface area contributed by atoms with Gasteiger partial charge in [0.1, 0.15) is 16.8 Å². The highest BCUT2D eigenvalue weighted by Gasteiger charge is 2.32. The second-order valence-electron chi connectivity index (χ2n) is 11.1. The SMILES string of the molecule is COc1cc(-c2nc3cc(CC(C)[C@@](C)(O)NC(=O)OC(C)(C)C)ccc3o2)ccc1OC1CCCC1. The Kier molecular flexibility index (Phi) is 7.69. The van der Waals surface area contributed by atoms with Crippen molar-refractivity contribution in [2.45, 2.75) is 84.2 Å². The molecular formula is C29H38N2O6. The number of methoxy groups -OCH3 is 1. The summed E-state index contributed by atoms with van der Waals surface area (Å²) >= 11 is 0. The Morgan fingerprint density at radius 1 is 1.14 bits per heavy atom. The molecule has 2 atom stereocenters. The van der Waals surface area contributed by atoms with Crippen molar-refractivity contribution in [2.75, 3.05) is 7.11 Å². The molecule has 1 heterocycles. The zero-order valence-electron chi connectivity index (χ0n) is 22.6. The van der Waals surface area contributed by atoms with E-state index in [1.165, 1.54) is 12.8 Å². The highest BCUT2D eigenvalue weighted by atomic mass is 16.6. The largest absolute Gasteiger partial charge is 0.493 e. The van der Waals surface area contributed by atoms with Crippen LogP contribution in [0.2, 0.25) is 0 Å². The molecule has 2 N–H and O–H groups in total. The lowest BCUT2D eigenvalue weighted by Crippen LogP contribution is -2.52. The molecule has 0 bridgehead atoms. The number of aromatic nitrogens is 1. The number of fused-ring (bicyclic) bond motifs is 1. The van der Waals surface area contributed by atoms with Gasteiger partial charge < -0.3 is 23.7 Å². The van der Waals surface area contributed by atoms with E-state index in [1.807, 2.05) is 43.3 Å². The van der Waals surface area contributed by atoms with Gasteiger partial charge in [0, 0.05) is 11.5 Å². The first kappa shape index (κ1) is 26.8. The Hall–Kier alpha value is -3.26. The molecule has 0 aliphatic heterocycles. The molecule has 4 rings (SSSR count). The summed E-state index contributed by atoms with van der Waals surface area (Å²) in [6, 6.07) is 11.5. The third-order valence-corrected chi connectivity index (χ3v) is 6.71. The zero-order valence-corrected chi connectivity index (χ0v) is 22.6. The molecule has 3 aromatic rings. The van der Waals surface area contributed by atoms with Gasteiger partial charge in [-0.25, -0.2) is 9.78 Å². The van der Waals surface area contributed by atoms with Crippen LogP contribution in [-0.4, -0.2) is 40.7 Å². The van der Waals surface area contributed by atoms with E-state index in [4.69, 9.17) is 23.6 Å². The van der Waals surface area contributed by atoms with Crippen LogP contribution in [0.1, 0.15) is 65.9 Å². The van der Waals surface area contributed by atoms with E-state index in [-0.39, 0.29) is 12.0 Å². The number of alkyl carbamates (subject to hydrolysis) is 1. The monoisotopic (exact) mass is 510 g/mol. The van der Waals surface area contributed by atoms with Crippen LogP contribution in [-0.2, 0) is 11.2 Å². The molecule has 0 radical (unpaired) electrons. The van der Waals surface area contributed by atoms with Gasteiger partial charge in [-0.1, -0.05) is 13.0 Å². The van der Waals surface area contributed by atoms with Gasteiger partial charge in [0.05, 0.1) is 13.2 Å². The van der Waals surface area contributed by atoms with Crippen molar-refractivity contribution >= 4 is 17.2 Å². The summed E-state index contributed by atoms with van der Waals surface area (Å²) in [4.78, 5) is 16.9. The lowest BCUT2D eigenvalue weighted by atomic mass is 9.92. The van der Waals surface area contributed by atoms with Gasteiger partial charge in [-0.3, -0.25) is 5.32 Å². The molecule has 8 heteroatoms. The lowest BCUT2D eigenvalue weighted by molar-refractivity contribution is -0.0359. The first-order valence-corrected chi connectivity index (χ1v) is 12.9. The second-order valence-corrected chi connectivity index (χ2v) is 11.1. The van der Waals surface area contributed by atoms with E-state index < -0.39 is 17.4 Å². The number of carbonyl (C=O) groups is 1. The van der Waals surface area contributed by atoms with E-state index in [1.54, 1.807) is 34.8 Å². The molecule has 37 heavy (non-hydrogen) atoms. The standard InChI is InChI=1S/C29H38N2O6/c1-18(29(5,33)31-27(32)37-28(2,3)4)15-19-11-13-23-22(16-19)30-26(36-23)20-12-14-24(25(17-20)34-6)35-21-9-7-8-10-21/h11-14,16-18,21,33H,7-10,15H2,1-6H3,(H,31,32)/t18?,29-/m1/s1. The predicted octanol–water partition coefficient (Wildman–Crippen LogP) is 6.24. The normalized spacial score (nSPS) is 16.8. The highest BCUT2D eigenvalue weighted by Crippen LogP contribution is 2.36. The summed E-state index contributed by atoms with van der Waals surface area (Å²) in [5, 5.41) is 13.4. The number of ether oxygens (including phenoxy) is 3. The van der Waals surface area contributed by atoms with Gasteiger partial charge in [0.25, 0.3) is 0 Å². The van der Waals surface area contributed by atoms with Gasteiger partial charge in [0.15, 0.2) is 17.1 Å². The van der Waals surface area contributed by atoms with Crippen LogP contribution in [0.15, 0.2) is 40.8 Å². The molecule has 1 unspecified atom stereocenters. The minimum atomic E-state index is -1.45. The van der Waals surface area contributed by atoms with Crippen LogP contribution < -0.4 is 14.8 Å². The minimum Gasteiger partial charge on any atom is -0.493 e. The van der Waals surface area contributed by atoms with Gasteiger partial charge in [-0.05, 0) is 95.7 Å². The summed E-state index contributed by atoms with van der Waals surface area (Å²) in [6.07, 6.45) is 4.65. The number of aliphatic hydroxyl groups is 1. The number of nitrogens with zero attached hydrogens (tertiary/aromatic N) is 1. The molecule has 1 amide bonds. The first-order valence-electron chi connectivity index (χ1n) is 12.9. The smallest absolute Gasteiger partial charge is 0.409 e. The van der Waals surface area contributed by atoms with Crippen molar-refractivity contribution < 1.29 is 28.5 Å². The van der Waals surface area contributed by atoms with Crippen LogP contribution in [0, 0.1) is 5.92 Å². The van der Waals surface area contributed by atoms with E-state index in [0.717, 1.165) is 29.7 Å². The molecule has 1 saturated carbocycles. The van der Waals surface area contributed by atoms with E-state index in [0.29, 0.717) is 29.2 Å². The average molecular weight is 511 g/mol. The van der Waals surface area contributed by atoms with Crippen molar-refractivity contribution in [3.05, 3.63) is 42.0 Å². The quantitative estimate of drug-likeness (QED) is 0.346. The summed E-state index contributed by atoms with van der Waals surface area (Å²) in [6.45, 7) is 8.78. The fourth-order valence-corrected chi connectivity index (χ4v) is 4.49. The molecular weight excluding hydrogens is 472 g/mol. The van der Waals surface area contributed by atoms with E-state index in [2.05, 4.69) is 5.32 Å². The maximum Gasteiger partial charge on any atom is 0.409 e. The van der Waals surface area contributed by atoms with Gasteiger partial charge in [-0.2, -0.15) is 0 Å². The van der Waals surface area contributed by atoms with E-state index in [9.17, 15) is 9.90 Å². The molecule has 1 aliphatic rings. The fraction of sp³-hybridized carbons (Fsp3) is 0.517. The van der Waals surface area contributed by atoms with Crippen molar-refractivity contribution in [3.63, 3.8) is 0 Å². The Bertz CT molecular complexity index is 1240. The number of rotatable bonds is 8. The number of hydrogen-bond donors (Lipinski definition) is 2. The molecule has 1 aliphatic carbocycles. The van der Waals surface area contributed by atoms with Gasteiger partial charge in [-0.15, -0.1) is 0 Å². The zero-order chi connectivity index (χ0) is 26.8. The number of oxazole rings is 1. The predicted molar refractivity (Wildman–Crippen MR) is 142 cm³/mol. The Morgan fingerprint density at radius 2 is 1.86 bits per heavy atom. The van der Waals surface area contributed by atoms with Crippen molar-refractivity contribution in [1.82, 2.24) is 10.3 Å². The first-order chi connectivity index (χ1) is 17.4. The second kappa shape index (κ2) is 10.6. The van der Waals surface area contributed by atoms with Crippen LogP contribution >= 0.6 is 0 Å². The Labute approximate surface area is 218 Å². The minimum absolute atomic E-state index is 0.241. The summed E-state index contributed by atoms with van der Waals surface area (Å²) in [7, 11) is 1.63. The molecule has 1 fully saturated rings. The summed E-state index contributed by atoms with van der Waals surface area (Å²) in [5.74, 6) is 1.59. The molecule has 0 spiro atoms. The lowest BCUT2D eigenvalue weighted by Gasteiger charge is -2.32. The van der Waals surface area contributed by atoms with Crippen molar-refractivity contribution in [3.8, 4) is 23.0 Å². The fourth-order valence-electron chi connectivity index (χ4n) is 4.49. The third-order valence-electron chi connectivity index (χ3n) is 6.71. The number of carbonyl (C=O) groups excluding carboxylic acids is 1. The molecule has 1 aromatic heterocycles. The van der Waals surface area contributed by atoms with Crippen LogP contribution in [0.3, 0.4) is 0 Å². The highest BCUT2D eigenvalue weighted by molar-refractivity contribution is 5.77. The summed E-state index contributed by atoms with van der Waals surface area (Å²) in [5.41, 5.74) is 1.03. The van der Waals surface area contributed by atoms with Gasteiger partial charge in [0.2, 0.25) is 5.89 Å². The van der Waals surface area contributed by atoms with Crippen LogP contribution in [0.25, 0.3) is 22.6 Å². The van der Waals surface area contributed by atoms with Crippen LogP contribution in [0.4, 0.5) is 4.79 Å². The Morgan fingerprint density at radius 3 is 2.54 bits per heavy atom. The van der Waals surface area contributed by atoms with Crippen LogP contribution in [0.5, 0.6) is 11.5 Å². The number of hydrogen-bond acceptors (Lipinski definition) is 7. The topological polar surface area (TPSA) is 103 Å². The molecule has 200 valence electrons. The Balaban J connectivity index is 1.47. The van der Waals surface area contributed by atoms with Crippen molar-refractivity contribution in [2.24, 2.45) is 5.92 Å². The maximum absolute atomic E-state index is 12.2. The number of benzene rings is 2. The van der Waals surface area contributed by atoms with Gasteiger partial charge >= 0.3 is 6.09 Å². The third kappa shape index (κ3) is 6.74. The number of amides is 1. The number of nitrogens with one attached hydrogen (secondary N) is 1. The molecule has 2 aromatic carbocycles. The molecule has 0 saturated heterocycles. The maximum atomic E-state index is 12.2. The van der Waals surface area contributed by atoms with Crippen molar-refractivity contribution in [1.29, 1.82) is 0 Å². The molecule has 8 nitrogen and oxygen atoms in total. The average Bonchev–Trinajstić information content (AvgIpc) is 3.47. The van der Waals surface area contributed by atoms with E-state index >= 15 is 0 Å². The summed E-state index contributed by atoms with van der Waals surface area (Å²) < 4.78 is 23.0.